The lowest BCUT2D eigenvalue weighted by atomic mass is 10.1. The maximum Gasteiger partial charge on any atom is 0.337 e. The van der Waals surface area contributed by atoms with Gasteiger partial charge in [0.15, 0.2) is 5.16 Å². The third-order valence-corrected chi connectivity index (χ3v) is 6.26. The average Bonchev–Trinajstić information content (AvgIpc) is 3.46. The fraction of sp³-hybridized carbons (Fsp3) is 0.286. The molecule has 0 bridgehead atoms. The number of nitrogens with zero attached hydrogens (tertiary/aromatic N) is 3. The molecule has 3 aromatic rings. The van der Waals surface area contributed by atoms with Crippen molar-refractivity contribution in [3.8, 4) is 0 Å². The zero-order valence-electron chi connectivity index (χ0n) is 17.8. The minimum absolute atomic E-state index is 0.0765. The number of nitrogens with one attached hydrogen (secondary N) is 1. The summed E-state index contributed by atoms with van der Waals surface area (Å²) in [6.45, 7) is 2.68. The Kier molecular flexibility index (Phi) is 8.01. The molecule has 9 nitrogen and oxygen atoms in total. The molecule has 0 aliphatic rings. The number of thiophene rings is 1. The van der Waals surface area contributed by atoms with Crippen molar-refractivity contribution >= 4 is 46.6 Å². The van der Waals surface area contributed by atoms with Gasteiger partial charge in [0.05, 0.1) is 31.1 Å². The van der Waals surface area contributed by atoms with E-state index in [4.69, 9.17) is 9.47 Å². The Morgan fingerprint density at radius 2 is 1.78 bits per heavy atom. The van der Waals surface area contributed by atoms with E-state index in [1.54, 1.807) is 11.3 Å². The molecule has 11 heteroatoms. The van der Waals surface area contributed by atoms with Gasteiger partial charge in [0, 0.05) is 23.5 Å². The number of benzene rings is 1. The number of aromatic nitrogens is 3. The number of carbonyl (C=O) groups is 3. The van der Waals surface area contributed by atoms with Gasteiger partial charge < -0.3 is 19.4 Å². The first kappa shape index (κ1) is 23.5. The van der Waals surface area contributed by atoms with E-state index < -0.39 is 11.9 Å². The summed E-state index contributed by atoms with van der Waals surface area (Å²) in [7, 11) is 2.47. The van der Waals surface area contributed by atoms with E-state index in [9.17, 15) is 14.4 Å². The number of thioether (sulfide) groups is 1. The van der Waals surface area contributed by atoms with Gasteiger partial charge in [0.25, 0.3) is 0 Å². The average molecular weight is 475 g/mol. The van der Waals surface area contributed by atoms with Crippen molar-refractivity contribution in [2.75, 3.05) is 25.3 Å². The van der Waals surface area contributed by atoms with Gasteiger partial charge in [-0.25, -0.2) is 9.59 Å². The lowest BCUT2D eigenvalue weighted by Gasteiger charge is -2.10. The van der Waals surface area contributed by atoms with Gasteiger partial charge in [0.2, 0.25) is 5.91 Å². The first-order chi connectivity index (χ1) is 15.4. The van der Waals surface area contributed by atoms with Gasteiger partial charge >= 0.3 is 11.9 Å². The molecule has 0 aliphatic carbocycles. The third-order valence-electron chi connectivity index (χ3n) is 4.41. The lowest BCUT2D eigenvalue weighted by Crippen LogP contribution is -2.16. The molecule has 0 radical (unpaired) electrons. The molecule has 32 heavy (non-hydrogen) atoms. The first-order valence-electron chi connectivity index (χ1n) is 9.64. The molecule has 0 aliphatic heterocycles. The fourth-order valence-electron chi connectivity index (χ4n) is 2.94. The van der Waals surface area contributed by atoms with Gasteiger partial charge in [0.1, 0.15) is 5.82 Å². The van der Waals surface area contributed by atoms with Crippen molar-refractivity contribution in [1.82, 2.24) is 14.8 Å². The van der Waals surface area contributed by atoms with Crippen LogP contribution < -0.4 is 5.32 Å². The molecule has 2 aromatic heterocycles. The number of esters is 2. The summed E-state index contributed by atoms with van der Waals surface area (Å²) in [4.78, 5) is 37.5. The maximum atomic E-state index is 12.5. The van der Waals surface area contributed by atoms with Crippen molar-refractivity contribution in [1.29, 1.82) is 0 Å². The topological polar surface area (TPSA) is 112 Å². The summed E-state index contributed by atoms with van der Waals surface area (Å²) < 4.78 is 11.4. The van der Waals surface area contributed by atoms with Crippen LogP contribution in [0.2, 0.25) is 0 Å². The monoisotopic (exact) mass is 474 g/mol. The number of ether oxygens (including phenoxy) is 2. The van der Waals surface area contributed by atoms with E-state index in [1.807, 2.05) is 29.0 Å². The van der Waals surface area contributed by atoms with Gasteiger partial charge in [-0.2, -0.15) is 0 Å². The molecular formula is C21H22N4O5S2. The van der Waals surface area contributed by atoms with Crippen LogP contribution in [-0.2, 0) is 27.2 Å². The van der Waals surface area contributed by atoms with Gasteiger partial charge in [-0.15, -0.1) is 21.5 Å². The minimum atomic E-state index is -0.630. The van der Waals surface area contributed by atoms with Crippen molar-refractivity contribution < 1.29 is 23.9 Å². The lowest BCUT2D eigenvalue weighted by molar-refractivity contribution is -0.113. The van der Waals surface area contributed by atoms with Crippen molar-refractivity contribution in [3.05, 3.63) is 57.5 Å². The molecule has 168 valence electrons. The molecule has 0 unspecified atom stereocenters. The standard InChI is InChI=1S/C21H22N4O5S2/c1-4-25-17(11-16-6-5-7-31-16)23-24-21(25)32-12-18(26)22-15-9-13(19(27)29-2)8-14(10-15)20(28)30-3/h5-10H,4,11-12H2,1-3H3,(H,22,26). The van der Waals surface area contributed by atoms with E-state index in [1.165, 1.54) is 49.1 Å². The Bertz CT molecular complexity index is 1080. The normalized spacial score (nSPS) is 10.6. The van der Waals surface area contributed by atoms with Gasteiger partial charge in [-0.3, -0.25) is 4.79 Å². The van der Waals surface area contributed by atoms with Crippen molar-refractivity contribution in [3.63, 3.8) is 0 Å². The van der Waals surface area contributed by atoms with Crippen LogP contribution in [0, 0.1) is 0 Å². The van der Waals surface area contributed by atoms with E-state index >= 15 is 0 Å². The Morgan fingerprint density at radius 3 is 2.34 bits per heavy atom. The van der Waals surface area contributed by atoms with Crippen LogP contribution in [0.4, 0.5) is 5.69 Å². The summed E-state index contributed by atoms with van der Waals surface area (Å²) in [5, 5.41) is 13.9. The van der Waals surface area contributed by atoms with E-state index in [2.05, 4.69) is 15.5 Å². The fourth-order valence-corrected chi connectivity index (χ4v) is 4.46. The summed E-state index contributed by atoms with van der Waals surface area (Å²) in [5.74, 6) is -0.665. The molecule has 1 N–H and O–H groups in total. The molecule has 0 atom stereocenters. The molecule has 2 heterocycles. The minimum Gasteiger partial charge on any atom is -0.465 e. The van der Waals surface area contributed by atoms with Crippen LogP contribution in [0.25, 0.3) is 0 Å². The van der Waals surface area contributed by atoms with Crippen LogP contribution in [0.15, 0.2) is 40.9 Å². The predicted molar refractivity (Wildman–Crippen MR) is 121 cm³/mol. The molecule has 0 spiro atoms. The number of hydrogen-bond donors (Lipinski definition) is 1. The number of methoxy groups -OCH3 is 2. The highest BCUT2D eigenvalue weighted by Crippen LogP contribution is 2.22. The Labute approximate surface area is 193 Å². The quantitative estimate of drug-likeness (QED) is 0.371. The maximum absolute atomic E-state index is 12.5. The largest absolute Gasteiger partial charge is 0.465 e. The predicted octanol–water partition coefficient (Wildman–Crippen LogP) is 3.25. The van der Waals surface area contributed by atoms with Gasteiger partial charge in [-0.05, 0) is 36.6 Å². The van der Waals surface area contributed by atoms with E-state index in [-0.39, 0.29) is 28.5 Å². The number of anilines is 1. The second-order valence-electron chi connectivity index (χ2n) is 6.52. The Morgan fingerprint density at radius 1 is 1.09 bits per heavy atom. The van der Waals surface area contributed by atoms with Crippen LogP contribution >= 0.6 is 23.1 Å². The van der Waals surface area contributed by atoms with Gasteiger partial charge in [-0.1, -0.05) is 17.8 Å². The van der Waals surface area contributed by atoms with Crippen molar-refractivity contribution in [2.45, 2.75) is 25.0 Å². The van der Waals surface area contributed by atoms with Crippen LogP contribution in [0.5, 0.6) is 0 Å². The second-order valence-corrected chi connectivity index (χ2v) is 8.49. The number of amides is 1. The number of rotatable bonds is 9. The molecule has 1 aromatic carbocycles. The highest BCUT2D eigenvalue weighted by Gasteiger charge is 2.17. The molecule has 0 saturated carbocycles. The van der Waals surface area contributed by atoms with Crippen LogP contribution in [0.3, 0.4) is 0 Å². The first-order valence-corrected chi connectivity index (χ1v) is 11.5. The molecule has 3 rings (SSSR count). The summed E-state index contributed by atoms with van der Waals surface area (Å²) in [5.41, 5.74) is 0.541. The third kappa shape index (κ3) is 5.74. The molecule has 0 saturated heterocycles. The van der Waals surface area contributed by atoms with Crippen molar-refractivity contribution in [2.24, 2.45) is 0 Å². The summed E-state index contributed by atoms with van der Waals surface area (Å²) in [6.07, 6.45) is 0.682. The highest BCUT2D eigenvalue weighted by molar-refractivity contribution is 7.99. The SMILES string of the molecule is CCn1c(Cc2cccs2)nnc1SCC(=O)Nc1cc(C(=O)OC)cc(C(=O)OC)c1. The number of carbonyl (C=O) groups excluding carboxylic acids is 3. The Balaban J connectivity index is 1.69. The van der Waals surface area contributed by atoms with E-state index in [0.29, 0.717) is 18.1 Å². The van der Waals surface area contributed by atoms with E-state index in [0.717, 1.165) is 5.82 Å². The molecule has 1 amide bonds. The summed E-state index contributed by atoms with van der Waals surface area (Å²) in [6, 6.07) is 8.27. The zero-order chi connectivity index (χ0) is 23.1. The van der Waals surface area contributed by atoms with Crippen LogP contribution in [-0.4, -0.2) is 52.6 Å². The highest BCUT2D eigenvalue weighted by atomic mass is 32.2. The summed E-state index contributed by atoms with van der Waals surface area (Å²) >= 11 is 2.92. The smallest absolute Gasteiger partial charge is 0.337 e. The molecular weight excluding hydrogens is 452 g/mol. The second kappa shape index (κ2) is 10.9. The Hall–Kier alpha value is -3.18. The number of hydrogen-bond acceptors (Lipinski definition) is 9. The zero-order valence-corrected chi connectivity index (χ0v) is 19.4. The van der Waals surface area contributed by atoms with Crippen LogP contribution in [0.1, 0.15) is 38.3 Å². The molecule has 0 fully saturated rings.